The van der Waals surface area contributed by atoms with Gasteiger partial charge < -0.3 is 10.5 Å². The third kappa shape index (κ3) is 1.63. The number of nitrogens with zero attached hydrogens (tertiary/aromatic N) is 1. The number of hydrogen-bond acceptors (Lipinski definition) is 4. The molecule has 64 valence electrons. The highest BCUT2D eigenvalue weighted by molar-refractivity contribution is 6.29. The van der Waals surface area contributed by atoms with Crippen molar-refractivity contribution in [1.82, 2.24) is 4.98 Å². The first-order valence-electron chi connectivity index (χ1n) is 3.01. The van der Waals surface area contributed by atoms with Crippen LogP contribution in [0, 0.1) is 0 Å². The highest BCUT2D eigenvalue weighted by atomic mass is 35.5. The molecule has 0 aliphatic carbocycles. The summed E-state index contributed by atoms with van der Waals surface area (Å²) in [5, 5.41) is 8.80. The summed E-state index contributed by atoms with van der Waals surface area (Å²) in [5.41, 5.74) is 2.13. The Morgan fingerprint density at radius 3 is 2.83 bits per heavy atom. The molecule has 0 atom stereocenters. The topological polar surface area (TPSA) is 88.2 Å². The number of hydrazine groups is 1. The standard InChI is InChI=1S/C6H6ClN3O2/c7-4-2-1-3(6(11)12)5(9-4)10-8/h1-2H,8H2,(H,9,10)(H,11,12). The number of hydrogen-bond donors (Lipinski definition) is 3. The van der Waals surface area contributed by atoms with Crippen LogP contribution in [0.5, 0.6) is 0 Å². The van der Waals surface area contributed by atoms with Gasteiger partial charge in [-0.3, -0.25) is 0 Å². The number of rotatable bonds is 2. The first kappa shape index (κ1) is 8.76. The number of halogens is 1. The molecule has 1 aromatic heterocycles. The quantitative estimate of drug-likeness (QED) is 0.361. The highest BCUT2D eigenvalue weighted by Gasteiger charge is 2.10. The van der Waals surface area contributed by atoms with E-state index in [0.717, 1.165) is 0 Å². The summed E-state index contributed by atoms with van der Waals surface area (Å²) in [5.74, 6) is 3.97. The van der Waals surface area contributed by atoms with Crippen LogP contribution in [0.25, 0.3) is 0 Å². The first-order valence-corrected chi connectivity index (χ1v) is 3.39. The van der Waals surface area contributed by atoms with Crippen molar-refractivity contribution in [2.24, 2.45) is 5.84 Å². The molecule has 0 saturated carbocycles. The van der Waals surface area contributed by atoms with Crippen LogP contribution in [0.2, 0.25) is 5.15 Å². The van der Waals surface area contributed by atoms with Crippen molar-refractivity contribution >= 4 is 23.4 Å². The number of nitrogens with two attached hydrogens (primary N) is 1. The van der Waals surface area contributed by atoms with Crippen LogP contribution in [0.3, 0.4) is 0 Å². The molecule has 0 spiro atoms. The average Bonchev–Trinajstić information content (AvgIpc) is 2.03. The molecule has 12 heavy (non-hydrogen) atoms. The number of nitrogen functional groups attached to an aromatic ring is 1. The van der Waals surface area contributed by atoms with Crippen molar-refractivity contribution in [3.05, 3.63) is 22.8 Å². The van der Waals surface area contributed by atoms with Gasteiger partial charge in [-0.2, -0.15) is 0 Å². The van der Waals surface area contributed by atoms with E-state index in [9.17, 15) is 4.79 Å². The van der Waals surface area contributed by atoms with Gasteiger partial charge in [0.25, 0.3) is 0 Å². The second-order valence-electron chi connectivity index (χ2n) is 1.98. The lowest BCUT2D eigenvalue weighted by molar-refractivity contribution is 0.0697. The summed E-state index contributed by atoms with van der Waals surface area (Å²) in [6.45, 7) is 0. The summed E-state index contributed by atoms with van der Waals surface area (Å²) < 4.78 is 0. The molecule has 1 heterocycles. The SMILES string of the molecule is NNc1nc(Cl)ccc1C(=O)O. The summed E-state index contributed by atoms with van der Waals surface area (Å²) in [4.78, 5) is 14.2. The lowest BCUT2D eigenvalue weighted by Gasteiger charge is -2.02. The predicted octanol–water partition coefficient (Wildman–Crippen LogP) is 0.719. The van der Waals surface area contributed by atoms with E-state index < -0.39 is 5.97 Å². The Morgan fingerprint density at radius 1 is 1.67 bits per heavy atom. The van der Waals surface area contributed by atoms with E-state index in [2.05, 4.69) is 10.4 Å². The molecule has 0 aliphatic rings. The number of carboxylic acids is 1. The van der Waals surface area contributed by atoms with Crippen molar-refractivity contribution < 1.29 is 9.90 Å². The minimum absolute atomic E-state index is 0.0121. The molecular formula is C6H6ClN3O2. The molecule has 1 rings (SSSR count). The fourth-order valence-corrected chi connectivity index (χ4v) is 0.865. The monoisotopic (exact) mass is 187 g/mol. The van der Waals surface area contributed by atoms with E-state index in [0.29, 0.717) is 0 Å². The minimum Gasteiger partial charge on any atom is -0.478 e. The molecule has 0 saturated heterocycles. The molecule has 0 unspecified atom stereocenters. The Hall–Kier alpha value is -1.33. The van der Waals surface area contributed by atoms with Crippen LogP contribution in [0.15, 0.2) is 12.1 Å². The van der Waals surface area contributed by atoms with Gasteiger partial charge in [-0.25, -0.2) is 15.6 Å². The largest absolute Gasteiger partial charge is 0.478 e. The van der Waals surface area contributed by atoms with Gasteiger partial charge >= 0.3 is 5.97 Å². The fraction of sp³-hybridized carbons (Fsp3) is 0. The second kappa shape index (κ2) is 3.38. The Bertz CT molecular complexity index is 316. The minimum atomic E-state index is -1.10. The average molecular weight is 188 g/mol. The van der Waals surface area contributed by atoms with Gasteiger partial charge in [-0.05, 0) is 12.1 Å². The summed E-state index contributed by atoms with van der Waals surface area (Å²) in [6.07, 6.45) is 0. The zero-order valence-corrected chi connectivity index (χ0v) is 6.67. The summed E-state index contributed by atoms with van der Waals surface area (Å²) in [6, 6.07) is 2.71. The lowest BCUT2D eigenvalue weighted by atomic mass is 10.2. The van der Waals surface area contributed by atoms with Crippen LogP contribution in [-0.2, 0) is 0 Å². The smallest absolute Gasteiger partial charge is 0.339 e. The number of aromatic nitrogens is 1. The second-order valence-corrected chi connectivity index (χ2v) is 2.37. The predicted molar refractivity (Wildman–Crippen MR) is 44.0 cm³/mol. The van der Waals surface area contributed by atoms with Crippen LogP contribution in [-0.4, -0.2) is 16.1 Å². The van der Waals surface area contributed by atoms with E-state index >= 15 is 0 Å². The molecular weight excluding hydrogens is 182 g/mol. The molecule has 0 bridgehead atoms. The molecule has 4 N–H and O–H groups in total. The van der Waals surface area contributed by atoms with Crippen LogP contribution < -0.4 is 11.3 Å². The Labute approximate surface area is 73.1 Å². The zero-order valence-electron chi connectivity index (χ0n) is 5.91. The maximum Gasteiger partial charge on any atom is 0.339 e. The normalized spacial score (nSPS) is 9.50. The van der Waals surface area contributed by atoms with E-state index in [1.807, 2.05) is 0 Å². The van der Waals surface area contributed by atoms with Crippen LogP contribution in [0.1, 0.15) is 10.4 Å². The van der Waals surface area contributed by atoms with Crippen LogP contribution >= 0.6 is 11.6 Å². The molecule has 0 aliphatic heterocycles. The number of carbonyl (C=O) groups is 1. The number of anilines is 1. The number of carboxylic acid groups (broad SMARTS) is 1. The van der Waals surface area contributed by atoms with Crippen molar-refractivity contribution in [1.29, 1.82) is 0 Å². The Morgan fingerprint density at radius 2 is 2.33 bits per heavy atom. The molecule has 1 aromatic rings. The fourth-order valence-electron chi connectivity index (χ4n) is 0.718. The van der Waals surface area contributed by atoms with E-state index in [1.165, 1.54) is 12.1 Å². The van der Waals surface area contributed by atoms with Crippen molar-refractivity contribution in [3.63, 3.8) is 0 Å². The van der Waals surface area contributed by atoms with E-state index in [-0.39, 0.29) is 16.5 Å². The van der Waals surface area contributed by atoms with Gasteiger partial charge in [0.05, 0.1) is 0 Å². The Balaban J connectivity index is 3.20. The molecule has 0 radical (unpaired) electrons. The molecule has 6 heteroatoms. The van der Waals surface area contributed by atoms with Crippen molar-refractivity contribution in [3.8, 4) is 0 Å². The highest BCUT2D eigenvalue weighted by Crippen LogP contribution is 2.14. The third-order valence-electron chi connectivity index (χ3n) is 1.23. The van der Waals surface area contributed by atoms with Gasteiger partial charge in [-0.15, -0.1) is 0 Å². The summed E-state index contributed by atoms with van der Waals surface area (Å²) in [7, 11) is 0. The molecule has 0 aromatic carbocycles. The number of nitrogens with one attached hydrogen (secondary N) is 1. The maximum atomic E-state index is 10.5. The number of pyridine rings is 1. The van der Waals surface area contributed by atoms with Gasteiger partial charge in [0.2, 0.25) is 0 Å². The molecule has 0 fully saturated rings. The van der Waals surface area contributed by atoms with Crippen molar-refractivity contribution in [2.45, 2.75) is 0 Å². The first-order chi connectivity index (χ1) is 5.65. The number of aromatic carboxylic acids is 1. The van der Waals surface area contributed by atoms with Gasteiger partial charge in [0, 0.05) is 0 Å². The Kier molecular flexibility index (Phi) is 2.47. The lowest BCUT2D eigenvalue weighted by Crippen LogP contribution is -2.13. The van der Waals surface area contributed by atoms with Gasteiger partial charge in [-0.1, -0.05) is 11.6 Å². The maximum absolute atomic E-state index is 10.5. The van der Waals surface area contributed by atoms with Gasteiger partial charge in [0.15, 0.2) is 5.82 Å². The molecule has 0 amide bonds. The molecule has 5 nitrogen and oxygen atoms in total. The van der Waals surface area contributed by atoms with E-state index in [4.69, 9.17) is 22.6 Å². The third-order valence-corrected chi connectivity index (χ3v) is 1.44. The summed E-state index contributed by atoms with van der Waals surface area (Å²) >= 11 is 5.50. The van der Waals surface area contributed by atoms with Crippen LogP contribution in [0.4, 0.5) is 5.82 Å². The zero-order chi connectivity index (χ0) is 9.14. The van der Waals surface area contributed by atoms with E-state index in [1.54, 1.807) is 0 Å². The van der Waals surface area contributed by atoms with Gasteiger partial charge in [0.1, 0.15) is 10.7 Å². The van der Waals surface area contributed by atoms with Crippen molar-refractivity contribution in [2.75, 3.05) is 5.43 Å².